The van der Waals surface area contributed by atoms with Gasteiger partial charge in [-0.25, -0.2) is 15.0 Å². The van der Waals surface area contributed by atoms with Crippen LogP contribution in [0, 0.1) is 0 Å². The molecule has 1 aliphatic rings. The summed E-state index contributed by atoms with van der Waals surface area (Å²) in [5, 5.41) is 6.12. The second kappa shape index (κ2) is 8.00. The van der Waals surface area contributed by atoms with E-state index in [0.717, 1.165) is 35.3 Å². The van der Waals surface area contributed by atoms with Crippen LogP contribution >= 0.6 is 11.3 Å². The van der Waals surface area contributed by atoms with E-state index >= 15 is 0 Å². The lowest BCUT2D eigenvalue weighted by molar-refractivity contribution is -0.119. The molecule has 4 N–H and O–H groups in total. The molecule has 1 aromatic carbocycles. The van der Waals surface area contributed by atoms with E-state index in [1.807, 2.05) is 18.2 Å². The van der Waals surface area contributed by atoms with E-state index in [4.69, 9.17) is 5.73 Å². The summed E-state index contributed by atoms with van der Waals surface area (Å²) in [5.41, 5.74) is 9.04. The van der Waals surface area contributed by atoms with Gasteiger partial charge in [0.25, 0.3) is 5.91 Å². The lowest BCUT2D eigenvalue weighted by atomic mass is 10.1. The van der Waals surface area contributed by atoms with Crippen molar-refractivity contribution in [1.29, 1.82) is 0 Å². The van der Waals surface area contributed by atoms with Crippen molar-refractivity contribution >= 4 is 50.7 Å². The van der Waals surface area contributed by atoms with Crippen molar-refractivity contribution in [3.8, 4) is 0 Å². The number of carbonyl (C=O) groups excluding carboxylic acids is 2. The van der Waals surface area contributed by atoms with E-state index in [1.54, 1.807) is 11.7 Å². The first-order valence-corrected chi connectivity index (χ1v) is 10.2. The average molecular weight is 411 g/mol. The van der Waals surface area contributed by atoms with Crippen LogP contribution in [0.15, 0.2) is 29.9 Å². The molecule has 1 unspecified atom stereocenters. The zero-order valence-corrected chi connectivity index (χ0v) is 16.7. The highest BCUT2D eigenvalue weighted by molar-refractivity contribution is 7.16. The van der Waals surface area contributed by atoms with Gasteiger partial charge in [0.2, 0.25) is 5.91 Å². The molecule has 0 aliphatic carbocycles. The smallest absolute Gasteiger partial charge is 0.271 e. The number of carbonyl (C=O) groups is 2. The molecule has 29 heavy (non-hydrogen) atoms. The molecule has 10 heteroatoms. The molecule has 4 rings (SSSR count). The molecule has 3 heterocycles. The fraction of sp³-hybridized carbons (Fsp3) is 0.316. The highest BCUT2D eigenvalue weighted by Gasteiger charge is 2.23. The molecule has 1 atom stereocenters. The van der Waals surface area contributed by atoms with Crippen LogP contribution < -0.4 is 21.3 Å². The molecule has 150 valence electrons. The number of amides is 2. The number of nitrogens with one attached hydrogen (secondary N) is 2. The number of benzene rings is 1. The number of nitrogens with zero attached hydrogens (tertiary/aromatic N) is 4. The number of primary amides is 1. The predicted molar refractivity (Wildman–Crippen MR) is 113 cm³/mol. The number of aromatic nitrogens is 3. The molecule has 0 bridgehead atoms. The Morgan fingerprint density at radius 1 is 1.31 bits per heavy atom. The molecular weight excluding hydrogens is 390 g/mol. The number of anilines is 3. The normalized spacial score (nSPS) is 16.6. The number of piperidine rings is 1. The van der Waals surface area contributed by atoms with E-state index in [-0.39, 0.29) is 17.6 Å². The second-order valence-electron chi connectivity index (χ2n) is 6.94. The van der Waals surface area contributed by atoms with Gasteiger partial charge in [-0.05, 0) is 31.0 Å². The van der Waals surface area contributed by atoms with Crippen LogP contribution in [0.4, 0.5) is 17.3 Å². The number of nitrogens with two attached hydrogens (primary N) is 1. The van der Waals surface area contributed by atoms with Crippen molar-refractivity contribution in [2.75, 3.05) is 23.3 Å². The Morgan fingerprint density at radius 2 is 2.17 bits per heavy atom. The number of hydrogen-bond donors (Lipinski definition) is 3. The lowest BCUT2D eigenvalue weighted by Crippen LogP contribution is -2.47. The zero-order valence-electron chi connectivity index (χ0n) is 15.9. The van der Waals surface area contributed by atoms with Crippen LogP contribution in [0.2, 0.25) is 0 Å². The molecule has 2 amide bonds. The van der Waals surface area contributed by atoms with Crippen molar-refractivity contribution in [1.82, 2.24) is 20.3 Å². The molecule has 0 spiro atoms. The van der Waals surface area contributed by atoms with Crippen LogP contribution in [0.5, 0.6) is 0 Å². The van der Waals surface area contributed by atoms with Gasteiger partial charge in [-0.2, -0.15) is 0 Å². The maximum atomic E-state index is 11.9. The minimum absolute atomic E-state index is 0.0483. The summed E-state index contributed by atoms with van der Waals surface area (Å²) in [6.07, 6.45) is 3.39. The van der Waals surface area contributed by atoms with Gasteiger partial charge >= 0.3 is 0 Å². The third kappa shape index (κ3) is 4.27. The predicted octanol–water partition coefficient (Wildman–Crippen LogP) is 2.03. The van der Waals surface area contributed by atoms with Gasteiger partial charge in [-0.15, -0.1) is 11.3 Å². The molecule has 1 fully saturated rings. The molecule has 9 nitrogen and oxygen atoms in total. The van der Waals surface area contributed by atoms with Gasteiger partial charge < -0.3 is 21.3 Å². The fourth-order valence-corrected chi connectivity index (χ4v) is 4.18. The van der Waals surface area contributed by atoms with Crippen LogP contribution in [0.3, 0.4) is 0 Å². The molecule has 2 aromatic heterocycles. The molecule has 1 saturated heterocycles. The SMILES string of the molecule is CC(=O)NC1CCCN(c2cnc(C(N)=O)c(Nc3ccc4ncsc4c3)n2)C1. The largest absolute Gasteiger partial charge is 0.364 e. The first-order valence-electron chi connectivity index (χ1n) is 9.29. The minimum Gasteiger partial charge on any atom is -0.364 e. The van der Waals surface area contributed by atoms with Gasteiger partial charge in [0.1, 0.15) is 5.82 Å². The highest BCUT2D eigenvalue weighted by Crippen LogP contribution is 2.26. The first kappa shape index (κ1) is 19.1. The number of fused-ring (bicyclic) bond motifs is 1. The molecular formula is C19H21N7O2S. The van der Waals surface area contributed by atoms with E-state index in [1.165, 1.54) is 18.3 Å². The minimum atomic E-state index is -0.653. The Morgan fingerprint density at radius 3 is 2.97 bits per heavy atom. The maximum Gasteiger partial charge on any atom is 0.271 e. The van der Waals surface area contributed by atoms with Crippen molar-refractivity contribution < 1.29 is 9.59 Å². The van der Waals surface area contributed by atoms with Crippen LogP contribution in [-0.2, 0) is 4.79 Å². The summed E-state index contributed by atoms with van der Waals surface area (Å²) in [5.74, 6) is 0.236. The van der Waals surface area contributed by atoms with E-state index in [2.05, 4.69) is 30.5 Å². The summed E-state index contributed by atoms with van der Waals surface area (Å²) >= 11 is 1.53. The van der Waals surface area contributed by atoms with Crippen molar-refractivity contribution in [2.24, 2.45) is 5.73 Å². The van der Waals surface area contributed by atoms with Gasteiger partial charge in [-0.3, -0.25) is 9.59 Å². The van der Waals surface area contributed by atoms with Crippen LogP contribution in [0.1, 0.15) is 30.3 Å². The van der Waals surface area contributed by atoms with Crippen molar-refractivity contribution in [2.45, 2.75) is 25.8 Å². The second-order valence-corrected chi connectivity index (χ2v) is 7.82. The zero-order chi connectivity index (χ0) is 20.4. The van der Waals surface area contributed by atoms with Crippen LogP contribution in [0.25, 0.3) is 10.2 Å². The third-order valence-corrected chi connectivity index (χ3v) is 5.53. The Hall–Kier alpha value is -3.27. The van der Waals surface area contributed by atoms with Gasteiger partial charge in [0.15, 0.2) is 11.5 Å². The maximum absolute atomic E-state index is 11.9. The molecule has 3 aromatic rings. The topological polar surface area (TPSA) is 126 Å². The van der Waals surface area contributed by atoms with Gasteiger partial charge in [-0.1, -0.05) is 0 Å². The average Bonchev–Trinajstić information content (AvgIpc) is 3.15. The third-order valence-electron chi connectivity index (χ3n) is 4.74. The van der Waals surface area contributed by atoms with E-state index < -0.39 is 5.91 Å². The summed E-state index contributed by atoms with van der Waals surface area (Å²) in [6.45, 7) is 2.95. The summed E-state index contributed by atoms with van der Waals surface area (Å²) in [6, 6.07) is 5.77. The molecule has 1 aliphatic heterocycles. The summed E-state index contributed by atoms with van der Waals surface area (Å²) in [7, 11) is 0. The monoisotopic (exact) mass is 411 g/mol. The number of hydrogen-bond acceptors (Lipinski definition) is 8. The molecule has 0 saturated carbocycles. The Bertz CT molecular complexity index is 1070. The number of thiazole rings is 1. The van der Waals surface area contributed by atoms with Crippen LogP contribution in [-0.4, -0.2) is 45.9 Å². The van der Waals surface area contributed by atoms with Crippen molar-refractivity contribution in [3.63, 3.8) is 0 Å². The van der Waals surface area contributed by atoms with E-state index in [0.29, 0.717) is 18.2 Å². The highest BCUT2D eigenvalue weighted by atomic mass is 32.1. The lowest BCUT2D eigenvalue weighted by Gasteiger charge is -2.33. The quantitative estimate of drug-likeness (QED) is 0.586. The number of rotatable bonds is 5. The standard InChI is InChI=1S/C19H21N7O2S/c1-11(27)23-13-3-2-6-26(9-13)16-8-21-17(18(20)28)19(25-16)24-12-4-5-14-15(7-12)29-10-22-14/h4-5,7-8,10,13H,2-3,6,9H2,1H3,(H2,20,28)(H,23,27)(H,24,25). The fourth-order valence-electron chi connectivity index (χ4n) is 3.46. The summed E-state index contributed by atoms with van der Waals surface area (Å²) in [4.78, 5) is 38.4. The van der Waals surface area contributed by atoms with Crippen molar-refractivity contribution in [3.05, 3.63) is 35.6 Å². The molecule has 0 radical (unpaired) electrons. The summed E-state index contributed by atoms with van der Waals surface area (Å²) < 4.78 is 1.02. The Kier molecular flexibility index (Phi) is 5.26. The van der Waals surface area contributed by atoms with Gasteiger partial charge in [0, 0.05) is 31.7 Å². The Balaban J connectivity index is 1.61. The van der Waals surface area contributed by atoms with E-state index in [9.17, 15) is 9.59 Å². The Labute approximate surface area is 171 Å². The first-order chi connectivity index (χ1) is 14.0. The van der Waals surface area contributed by atoms with Gasteiger partial charge in [0.05, 0.1) is 21.9 Å².